The lowest BCUT2D eigenvalue weighted by molar-refractivity contribution is 0.0954. The van der Waals surface area contributed by atoms with Gasteiger partial charge in [0.2, 0.25) is 0 Å². The highest BCUT2D eigenvalue weighted by atomic mass is 32.1. The average Bonchev–Trinajstić information content (AvgIpc) is 2.85. The van der Waals surface area contributed by atoms with Gasteiger partial charge in [0.25, 0.3) is 5.91 Å². The van der Waals surface area contributed by atoms with Crippen LogP contribution in [0.4, 0.5) is 0 Å². The SMILES string of the molecule is CCCNCCNC(=O)c1ccc2sccc2c1. The van der Waals surface area contributed by atoms with Gasteiger partial charge in [-0.2, -0.15) is 0 Å². The highest BCUT2D eigenvalue weighted by Gasteiger charge is 2.05. The molecule has 2 aromatic rings. The third-order valence-corrected chi connectivity index (χ3v) is 3.63. The van der Waals surface area contributed by atoms with E-state index in [1.165, 1.54) is 4.70 Å². The molecule has 0 aliphatic carbocycles. The predicted molar refractivity (Wildman–Crippen MR) is 77.3 cm³/mol. The molecule has 0 radical (unpaired) electrons. The Balaban J connectivity index is 1.88. The number of hydrogen-bond acceptors (Lipinski definition) is 3. The van der Waals surface area contributed by atoms with Crippen molar-refractivity contribution in [3.8, 4) is 0 Å². The first kappa shape index (κ1) is 13.1. The monoisotopic (exact) mass is 262 g/mol. The molecule has 1 amide bonds. The standard InChI is InChI=1S/C14H18N2OS/c1-2-6-15-7-8-16-14(17)12-3-4-13-11(10-12)5-9-18-13/h3-5,9-10,15H,2,6-8H2,1H3,(H,16,17). The molecule has 2 rings (SSSR count). The Morgan fingerprint density at radius 1 is 1.22 bits per heavy atom. The average molecular weight is 262 g/mol. The van der Waals surface area contributed by atoms with Crippen molar-refractivity contribution in [2.45, 2.75) is 13.3 Å². The van der Waals surface area contributed by atoms with Gasteiger partial charge in [0.1, 0.15) is 0 Å². The number of benzene rings is 1. The molecule has 0 atom stereocenters. The van der Waals surface area contributed by atoms with E-state index in [1.807, 2.05) is 29.6 Å². The Bertz CT molecular complexity index is 521. The smallest absolute Gasteiger partial charge is 0.251 e. The lowest BCUT2D eigenvalue weighted by Gasteiger charge is -2.06. The Morgan fingerprint density at radius 3 is 2.94 bits per heavy atom. The number of amides is 1. The van der Waals surface area contributed by atoms with E-state index in [0.717, 1.165) is 30.5 Å². The first-order valence-corrected chi connectivity index (χ1v) is 7.15. The van der Waals surface area contributed by atoms with E-state index >= 15 is 0 Å². The maximum atomic E-state index is 11.9. The molecule has 0 fully saturated rings. The van der Waals surface area contributed by atoms with Crippen LogP contribution in [0.15, 0.2) is 29.6 Å². The minimum atomic E-state index is 0.00129. The number of hydrogen-bond donors (Lipinski definition) is 2. The fourth-order valence-corrected chi connectivity index (χ4v) is 2.55. The summed E-state index contributed by atoms with van der Waals surface area (Å²) in [6.07, 6.45) is 1.11. The lowest BCUT2D eigenvalue weighted by atomic mass is 10.1. The van der Waals surface area contributed by atoms with Crippen molar-refractivity contribution in [1.29, 1.82) is 0 Å². The summed E-state index contributed by atoms with van der Waals surface area (Å²) >= 11 is 1.69. The van der Waals surface area contributed by atoms with Crippen LogP contribution >= 0.6 is 11.3 Å². The summed E-state index contributed by atoms with van der Waals surface area (Å²) < 4.78 is 1.22. The molecule has 18 heavy (non-hydrogen) atoms. The van der Waals surface area contributed by atoms with Crippen LogP contribution in [0.1, 0.15) is 23.7 Å². The van der Waals surface area contributed by atoms with Crippen molar-refractivity contribution in [2.75, 3.05) is 19.6 Å². The summed E-state index contributed by atoms with van der Waals surface area (Å²) in [5.41, 5.74) is 0.733. The second kappa shape index (κ2) is 6.52. The normalized spacial score (nSPS) is 10.7. The van der Waals surface area contributed by atoms with Crippen molar-refractivity contribution in [1.82, 2.24) is 10.6 Å². The summed E-state index contributed by atoms with van der Waals surface area (Å²) in [7, 11) is 0. The highest BCUT2D eigenvalue weighted by Crippen LogP contribution is 2.21. The van der Waals surface area contributed by atoms with E-state index in [-0.39, 0.29) is 5.91 Å². The molecule has 3 nitrogen and oxygen atoms in total. The number of carbonyl (C=O) groups excluding carboxylic acids is 1. The summed E-state index contributed by atoms with van der Waals surface area (Å²) in [5, 5.41) is 9.35. The van der Waals surface area contributed by atoms with Crippen LogP contribution in [0.5, 0.6) is 0 Å². The Hall–Kier alpha value is -1.39. The van der Waals surface area contributed by atoms with Crippen molar-refractivity contribution < 1.29 is 4.79 Å². The van der Waals surface area contributed by atoms with E-state index in [0.29, 0.717) is 6.54 Å². The van der Waals surface area contributed by atoms with Crippen LogP contribution in [0.3, 0.4) is 0 Å². The third kappa shape index (κ3) is 3.31. The van der Waals surface area contributed by atoms with E-state index in [2.05, 4.69) is 17.6 Å². The lowest BCUT2D eigenvalue weighted by Crippen LogP contribution is -2.32. The topological polar surface area (TPSA) is 41.1 Å². The molecule has 96 valence electrons. The van der Waals surface area contributed by atoms with Gasteiger partial charge in [0.05, 0.1) is 0 Å². The Kier molecular flexibility index (Phi) is 4.73. The zero-order valence-electron chi connectivity index (χ0n) is 10.5. The van der Waals surface area contributed by atoms with Crippen LogP contribution in [-0.4, -0.2) is 25.5 Å². The first-order chi connectivity index (χ1) is 8.81. The van der Waals surface area contributed by atoms with Crippen LogP contribution in [0, 0.1) is 0 Å². The number of fused-ring (bicyclic) bond motifs is 1. The Morgan fingerprint density at radius 2 is 2.11 bits per heavy atom. The maximum absolute atomic E-state index is 11.9. The van der Waals surface area contributed by atoms with Gasteiger partial charge < -0.3 is 10.6 Å². The van der Waals surface area contributed by atoms with Gasteiger partial charge in [-0.3, -0.25) is 4.79 Å². The quantitative estimate of drug-likeness (QED) is 0.786. The van der Waals surface area contributed by atoms with Crippen LogP contribution in [-0.2, 0) is 0 Å². The molecule has 0 aliphatic heterocycles. The van der Waals surface area contributed by atoms with Gasteiger partial charge in [0, 0.05) is 23.4 Å². The summed E-state index contributed by atoms with van der Waals surface area (Å²) in [6, 6.07) is 7.87. The van der Waals surface area contributed by atoms with Gasteiger partial charge in [-0.1, -0.05) is 6.92 Å². The summed E-state index contributed by atoms with van der Waals surface area (Å²) in [5.74, 6) is 0.00129. The largest absolute Gasteiger partial charge is 0.351 e. The van der Waals surface area contributed by atoms with E-state index in [9.17, 15) is 4.79 Å². The zero-order chi connectivity index (χ0) is 12.8. The van der Waals surface area contributed by atoms with Crippen LogP contribution in [0.2, 0.25) is 0 Å². The fourth-order valence-electron chi connectivity index (χ4n) is 1.78. The number of thiophene rings is 1. The fraction of sp³-hybridized carbons (Fsp3) is 0.357. The second-order valence-corrected chi connectivity index (χ2v) is 5.13. The van der Waals surface area contributed by atoms with E-state index in [4.69, 9.17) is 0 Å². The van der Waals surface area contributed by atoms with Crippen molar-refractivity contribution in [2.24, 2.45) is 0 Å². The van der Waals surface area contributed by atoms with Gasteiger partial charge in [-0.05, 0) is 48.0 Å². The number of nitrogens with one attached hydrogen (secondary N) is 2. The predicted octanol–water partition coefficient (Wildman–Crippen LogP) is 2.63. The summed E-state index contributed by atoms with van der Waals surface area (Å²) in [6.45, 7) is 4.61. The minimum Gasteiger partial charge on any atom is -0.351 e. The summed E-state index contributed by atoms with van der Waals surface area (Å²) in [4.78, 5) is 11.9. The number of rotatable bonds is 6. The Labute approximate surface area is 111 Å². The molecule has 0 saturated carbocycles. The first-order valence-electron chi connectivity index (χ1n) is 6.27. The molecule has 0 bridgehead atoms. The van der Waals surface area contributed by atoms with Gasteiger partial charge >= 0.3 is 0 Å². The second-order valence-electron chi connectivity index (χ2n) is 4.18. The molecule has 0 unspecified atom stereocenters. The molecular weight excluding hydrogens is 244 g/mol. The van der Waals surface area contributed by atoms with Crippen molar-refractivity contribution in [3.63, 3.8) is 0 Å². The molecular formula is C14H18N2OS. The molecule has 2 N–H and O–H groups in total. The maximum Gasteiger partial charge on any atom is 0.251 e. The van der Waals surface area contributed by atoms with E-state index in [1.54, 1.807) is 11.3 Å². The molecule has 1 heterocycles. The van der Waals surface area contributed by atoms with Crippen molar-refractivity contribution in [3.05, 3.63) is 35.2 Å². The van der Waals surface area contributed by atoms with Gasteiger partial charge in [0.15, 0.2) is 0 Å². The van der Waals surface area contributed by atoms with Crippen LogP contribution in [0.25, 0.3) is 10.1 Å². The molecule has 0 spiro atoms. The van der Waals surface area contributed by atoms with Crippen LogP contribution < -0.4 is 10.6 Å². The van der Waals surface area contributed by atoms with Crippen molar-refractivity contribution >= 4 is 27.3 Å². The highest BCUT2D eigenvalue weighted by molar-refractivity contribution is 7.17. The van der Waals surface area contributed by atoms with E-state index < -0.39 is 0 Å². The zero-order valence-corrected chi connectivity index (χ0v) is 11.3. The molecule has 1 aromatic heterocycles. The number of carbonyl (C=O) groups is 1. The molecule has 4 heteroatoms. The molecule has 0 saturated heterocycles. The van der Waals surface area contributed by atoms with Gasteiger partial charge in [-0.25, -0.2) is 0 Å². The third-order valence-electron chi connectivity index (χ3n) is 2.73. The van der Waals surface area contributed by atoms with Gasteiger partial charge in [-0.15, -0.1) is 11.3 Å². The minimum absolute atomic E-state index is 0.00129. The molecule has 1 aromatic carbocycles. The molecule has 0 aliphatic rings.